The summed E-state index contributed by atoms with van der Waals surface area (Å²) < 4.78 is 2.13. The Morgan fingerprint density at radius 2 is 2.26 bits per heavy atom. The third-order valence-corrected chi connectivity index (χ3v) is 4.18. The molecule has 0 amide bonds. The van der Waals surface area contributed by atoms with Crippen LogP contribution >= 0.6 is 22.9 Å². The highest BCUT2D eigenvalue weighted by Gasteiger charge is 2.15. The van der Waals surface area contributed by atoms with Crippen molar-refractivity contribution in [1.82, 2.24) is 14.5 Å². The van der Waals surface area contributed by atoms with Gasteiger partial charge in [0.05, 0.1) is 5.38 Å². The molecule has 0 fully saturated rings. The van der Waals surface area contributed by atoms with E-state index in [2.05, 4.69) is 32.0 Å². The molecule has 3 aromatic rings. The monoisotopic (exact) mass is 291 g/mol. The van der Waals surface area contributed by atoms with Gasteiger partial charge >= 0.3 is 0 Å². The number of nitrogens with zero attached hydrogens (tertiary/aromatic N) is 3. The number of halogens is 1. The summed E-state index contributed by atoms with van der Waals surface area (Å²) in [6.45, 7) is 2.81. The maximum atomic E-state index is 6.23. The Labute approximate surface area is 120 Å². The number of imidazole rings is 1. The second kappa shape index (κ2) is 5.31. The lowest BCUT2D eigenvalue weighted by Gasteiger charge is -2.09. The van der Waals surface area contributed by atoms with Gasteiger partial charge in [-0.3, -0.25) is 0 Å². The Morgan fingerprint density at radius 1 is 1.37 bits per heavy atom. The summed E-state index contributed by atoms with van der Waals surface area (Å²) >= 11 is 8.01. The van der Waals surface area contributed by atoms with Crippen molar-refractivity contribution < 1.29 is 0 Å². The molecule has 98 valence electrons. The van der Waals surface area contributed by atoms with Gasteiger partial charge in [0, 0.05) is 17.6 Å². The summed E-state index contributed by atoms with van der Waals surface area (Å²) in [5.74, 6) is 0.895. The summed E-state index contributed by atoms with van der Waals surface area (Å²) in [7, 11) is 0. The van der Waals surface area contributed by atoms with E-state index in [1.165, 1.54) is 4.88 Å². The minimum Gasteiger partial charge on any atom is -0.311 e. The lowest BCUT2D eigenvalue weighted by molar-refractivity contribution is 0.667. The Hall–Kier alpha value is -1.39. The molecule has 19 heavy (non-hydrogen) atoms. The highest BCUT2D eigenvalue weighted by molar-refractivity contribution is 7.09. The van der Waals surface area contributed by atoms with E-state index in [1.807, 2.05) is 19.1 Å². The Bertz CT molecular complexity index is 673. The second-order valence-corrected chi connectivity index (χ2v) is 6.10. The lowest BCUT2D eigenvalue weighted by Crippen LogP contribution is -2.07. The largest absolute Gasteiger partial charge is 0.311 e. The van der Waals surface area contributed by atoms with E-state index in [0.29, 0.717) is 0 Å². The number of hydrogen-bond acceptors (Lipinski definition) is 3. The van der Waals surface area contributed by atoms with Gasteiger partial charge in [-0.15, -0.1) is 22.9 Å². The third-order valence-electron chi connectivity index (χ3n) is 3.05. The van der Waals surface area contributed by atoms with Crippen molar-refractivity contribution in [2.45, 2.75) is 25.3 Å². The summed E-state index contributed by atoms with van der Waals surface area (Å²) in [5, 5.41) is 1.99. The van der Waals surface area contributed by atoms with Gasteiger partial charge in [-0.25, -0.2) is 9.97 Å². The molecule has 0 aliphatic carbocycles. The molecule has 0 saturated carbocycles. The van der Waals surface area contributed by atoms with Gasteiger partial charge in [0.15, 0.2) is 5.65 Å². The van der Waals surface area contributed by atoms with Gasteiger partial charge in [0.25, 0.3) is 0 Å². The maximum Gasteiger partial charge on any atom is 0.160 e. The standard InChI is InChI=1S/C14H14ClN3S/c1-10(15)13-17-12-5-2-7-16-14(12)18(13)8-6-11-4-3-9-19-11/h2-5,7,9-10H,6,8H2,1H3. The molecular weight excluding hydrogens is 278 g/mol. The quantitative estimate of drug-likeness (QED) is 0.679. The van der Waals surface area contributed by atoms with Crippen LogP contribution in [0.3, 0.4) is 0 Å². The Kier molecular flexibility index (Phi) is 3.53. The fourth-order valence-corrected chi connectivity index (χ4v) is 3.04. The van der Waals surface area contributed by atoms with Crippen LogP contribution in [0.2, 0.25) is 0 Å². The predicted octanol–water partition coefficient (Wildman–Crippen LogP) is 4.04. The molecule has 0 aliphatic rings. The fraction of sp³-hybridized carbons (Fsp3) is 0.286. The molecule has 1 unspecified atom stereocenters. The van der Waals surface area contributed by atoms with E-state index < -0.39 is 0 Å². The zero-order valence-corrected chi connectivity index (χ0v) is 12.2. The second-order valence-electron chi connectivity index (χ2n) is 4.41. The van der Waals surface area contributed by atoms with Crippen LogP contribution in [0, 0.1) is 0 Å². The Morgan fingerprint density at radius 3 is 3.00 bits per heavy atom. The van der Waals surface area contributed by atoms with Crippen LogP contribution in [0.25, 0.3) is 11.2 Å². The lowest BCUT2D eigenvalue weighted by atomic mass is 10.3. The zero-order chi connectivity index (χ0) is 13.2. The zero-order valence-electron chi connectivity index (χ0n) is 10.6. The third kappa shape index (κ3) is 2.51. The highest BCUT2D eigenvalue weighted by atomic mass is 35.5. The maximum absolute atomic E-state index is 6.23. The van der Waals surface area contributed by atoms with Gasteiger partial charge < -0.3 is 4.57 Å². The normalized spacial score (nSPS) is 12.9. The van der Waals surface area contributed by atoms with E-state index >= 15 is 0 Å². The summed E-state index contributed by atoms with van der Waals surface area (Å²) in [4.78, 5) is 10.4. The van der Waals surface area contributed by atoms with Gasteiger partial charge in [0.1, 0.15) is 11.3 Å². The summed E-state index contributed by atoms with van der Waals surface area (Å²) in [6, 6.07) is 8.12. The van der Waals surface area contributed by atoms with Crippen LogP contribution in [0.15, 0.2) is 35.8 Å². The molecule has 5 heteroatoms. The first kappa shape index (κ1) is 12.6. The van der Waals surface area contributed by atoms with Gasteiger partial charge in [0.2, 0.25) is 0 Å². The van der Waals surface area contributed by atoms with Gasteiger partial charge in [-0.1, -0.05) is 6.07 Å². The number of aromatic nitrogens is 3. The fourth-order valence-electron chi connectivity index (χ4n) is 2.18. The van der Waals surface area contributed by atoms with Crippen molar-refractivity contribution >= 4 is 34.1 Å². The van der Waals surface area contributed by atoms with Crippen LogP contribution in [-0.2, 0) is 13.0 Å². The minimum atomic E-state index is -0.113. The average molecular weight is 292 g/mol. The first-order valence-corrected chi connectivity index (χ1v) is 7.55. The molecule has 3 aromatic heterocycles. The summed E-state index contributed by atoms with van der Waals surface area (Å²) in [6.07, 6.45) is 2.78. The van der Waals surface area contributed by atoms with Crippen molar-refractivity contribution in [1.29, 1.82) is 0 Å². The van der Waals surface area contributed by atoms with Crippen molar-refractivity contribution in [2.24, 2.45) is 0 Å². The van der Waals surface area contributed by atoms with Gasteiger partial charge in [-0.05, 0) is 36.9 Å². The van der Waals surface area contributed by atoms with E-state index in [9.17, 15) is 0 Å². The molecule has 0 bridgehead atoms. The van der Waals surface area contributed by atoms with Crippen LogP contribution in [-0.4, -0.2) is 14.5 Å². The molecule has 3 rings (SSSR count). The molecule has 0 aliphatic heterocycles. The molecule has 0 aromatic carbocycles. The first-order chi connectivity index (χ1) is 9.25. The molecule has 0 radical (unpaired) electrons. The smallest absolute Gasteiger partial charge is 0.160 e. The SMILES string of the molecule is CC(Cl)c1nc2cccnc2n1CCc1cccs1. The number of hydrogen-bond donors (Lipinski definition) is 0. The van der Waals surface area contributed by atoms with Gasteiger partial charge in [-0.2, -0.15) is 0 Å². The molecule has 0 N–H and O–H groups in total. The predicted molar refractivity (Wildman–Crippen MR) is 79.8 cm³/mol. The molecule has 3 nitrogen and oxygen atoms in total. The van der Waals surface area contributed by atoms with E-state index in [-0.39, 0.29) is 5.38 Å². The summed E-state index contributed by atoms with van der Waals surface area (Å²) in [5.41, 5.74) is 1.83. The molecule has 0 spiro atoms. The van der Waals surface area contributed by atoms with Crippen molar-refractivity contribution in [2.75, 3.05) is 0 Å². The Balaban J connectivity index is 1.97. The number of alkyl halides is 1. The minimum absolute atomic E-state index is 0.113. The molecular formula is C14H14ClN3S. The topological polar surface area (TPSA) is 30.7 Å². The van der Waals surface area contributed by atoms with Crippen LogP contribution in [0.1, 0.15) is 23.0 Å². The van der Waals surface area contributed by atoms with E-state index in [0.717, 1.165) is 30.0 Å². The highest BCUT2D eigenvalue weighted by Crippen LogP contribution is 2.24. The number of rotatable bonds is 4. The molecule has 1 atom stereocenters. The number of pyridine rings is 1. The van der Waals surface area contributed by atoms with Crippen molar-refractivity contribution in [3.63, 3.8) is 0 Å². The van der Waals surface area contributed by atoms with Crippen LogP contribution in [0.4, 0.5) is 0 Å². The van der Waals surface area contributed by atoms with Crippen molar-refractivity contribution in [3.8, 4) is 0 Å². The molecule has 0 saturated heterocycles. The van der Waals surface area contributed by atoms with Crippen LogP contribution < -0.4 is 0 Å². The molecule has 3 heterocycles. The first-order valence-electron chi connectivity index (χ1n) is 6.23. The number of aryl methyl sites for hydroxylation is 2. The van der Waals surface area contributed by atoms with Crippen LogP contribution in [0.5, 0.6) is 0 Å². The number of fused-ring (bicyclic) bond motifs is 1. The average Bonchev–Trinajstić information content (AvgIpc) is 3.03. The van der Waals surface area contributed by atoms with Crippen molar-refractivity contribution in [3.05, 3.63) is 46.5 Å². The van der Waals surface area contributed by atoms with E-state index in [4.69, 9.17) is 11.6 Å². The van der Waals surface area contributed by atoms with E-state index in [1.54, 1.807) is 17.5 Å². The number of thiophene rings is 1.